The first-order valence-electron chi connectivity index (χ1n) is 7.00. The molecule has 0 aromatic heterocycles. The minimum atomic E-state index is -0.593. The molecule has 1 amide bonds. The molecule has 2 rings (SSSR count). The molecule has 1 atom stereocenters. The van der Waals surface area contributed by atoms with Gasteiger partial charge in [-0.2, -0.15) is 0 Å². The van der Waals surface area contributed by atoms with Crippen molar-refractivity contribution >= 4 is 23.2 Å². The Morgan fingerprint density at radius 3 is 2.36 bits per heavy atom. The van der Waals surface area contributed by atoms with Gasteiger partial charge in [0, 0.05) is 0 Å². The van der Waals surface area contributed by atoms with E-state index in [1.165, 1.54) is 0 Å². The minimum Gasteiger partial charge on any atom is -0.497 e. The molecule has 0 fully saturated rings. The van der Waals surface area contributed by atoms with Crippen LogP contribution in [0.1, 0.15) is 13.3 Å². The molecule has 0 saturated heterocycles. The van der Waals surface area contributed by atoms with Crippen LogP contribution in [0.3, 0.4) is 0 Å². The number of rotatable bonds is 6. The van der Waals surface area contributed by atoms with Gasteiger partial charge in [-0.15, -0.1) is 0 Å². The summed E-state index contributed by atoms with van der Waals surface area (Å²) in [6, 6.07) is 14.2. The number of para-hydroxylation sites is 1. The van der Waals surface area contributed by atoms with Crippen molar-refractivity contribution in [2.24, 2.45) is 0 Å². The van der Waals surface area contributed by atoms with Crippen LogP contribution >= 0.6 is 11.6 Å². The molecule has 116 valence electrons. The number of halogens is 1. The smallest absolute Gasteiger partial charge is 0.265 e. The van der Waals surface area contributed by atoms with Gasteiger partial charge in [0.2, 0.25) is 0 Å². The van der Waals surface area contributed by atoms with E-state index in [0.29, 0.717) is 22.9 Å². The molecule has 0 aliphatic rings. The molecule has 2 aromatic rings. The van der Waals surface area contributed by atoms with E-state index in [2.05, 4.69) is 5.32 Å². The predicted octanol–water partition coefficient (Wildman–Crippen LogP) is 4.14. The number of carbonyl (C=O) groups is 1. The summed E-state index contributed by atoms with van der Waals surface area (Å²) in [5.41, 5.74) is 0.575. The average molecular weight is 320 g/mol. The van der Waals surface area contributed by atoms with Gasteiger partial charge in [0.25, 0.3) is 5.91 Å². The summed E-state index contributed by atoms with van der Waals surface area (Å²) in [6.45, 7) is 1.89. The first-order valence-corrected chi connectivity index (χ1v) is 7.38. The van der Waals surface area contributed by atoms with Crippen LogP contribution in [-0.2, 0) is 4.79 Å². The SMILES string of the molecule is CC[C@@H](Oc1ccc(OC)cc1)C(=O)Nc1ccccc1Cl. The van der Waals surface area contributed by atoms with Gasteiger partial charge in [-0.3, -0.25) is 4.79 Å². The Morgan fingerprint density at radius 2 is 1.77 bits per heavy atom. The van der Waals surface area contributed by atoms with E-state index in [1.807, 2.05) is 19.1 Å². The van der Waals surface area contributed by atoms with Crippen molar-refractivity contribution in [1.82, 2.24) is 0 Å². The lowest BCUT2D eigenvalue weighted by Gasteiger charge is -2.18. The number of amides is 1. The van der Waals surface area contributed by atoms with Crippen LogP contribution in [-0.4, -0.2) is 19.1 Å². The zero-order chi connectivity index (χ0) is 15.9. The van der Waals surface area contributed by atoms with E-state index >= 15 is 0 Å². The summed E-state index contributed by atoms with van der Waals surface area (Å²) in [7, 11) is 1.60. The van der Waals surface area contributed by atoms with Crippen molar-refractivity contribution in [2.45, 2.75) is 19.4 Å². The third kappa shape index (κ3) is 4.15. The number of hydrogen-bond acceptors (Lipinski definition) is 3. The fourth-order valence-electron chi connectivity index (χ4n) is 1.92. The molecule has 0 spiro atoms. The molecular formula is C17H18ClNO3. The normalized spacial score (nSPS) is 11.6. The molecule has 0 heterocycles. The van der Waals surface area contributed by atoms with Crippen molar-refractivity contribution in [2.75, 3.05) is 12.4 Å². The van der Waals surface area contributed by atoms with Gasteiger partial charge in [-0.05, 0) is 42.8 Å². The second kappa shape index (κ2) is 7.71. The number of benzene rings is 2. The molecule has 0 bridgehead atoms. The fourth-order valence-corrected chi connectivity index (χ4v) is 2.10. The fraction of sp³-hybridized carbons (Fsp3) is 0.235. The molecule has 0 aliphatic heterocycles. The van der Waals surface area contributed by atoms with Crippen LogP contribution in [0.15, 0.2) is 48.5 Å². The van der Waals surface area contributed by atoms with Gasteiger partial charge in [0.05, 0.1) is 17.8 Å². The summed E-state index contributed by atoms with van der Waals surface area (Å²) in [5, 5.41) is 3.28. The standard InChI is InChI=1S/C17H18ClNO3/c1-3-16(22-13-10-8-12(21-2)9-11-13)17(20)19-15-7-5-4-6-14(15)18/h4-11,16H,3H2,1-2H3,(H,19,20)/t16-/m1/s1. The van der Waals surface area contributed by atoms with E-state index < -0.39 is 6.10 Å². The highest BCUT2D eigenvalue weighted by molar-refractivity contribution is 6.33. The highest BCUT2D eigenvalue weighted by Crippen LogP contribution is 2.22. The predicted molar refractivity (Wildman–Crippen MR) is 87.8 cm³/mol. The molecule has 1 N–H and O–H groups in total. The van der Waals surface area contributed by atoms with Crippen LogP contribution in [0.4, 0.5) is 5.69 Å². The highest BCUT2D eigenvalue weighted by atomic mass is 35.5. The van der Waals surface area contributed by atoms with E-state index in [0.717, 1.165) is 5.75 Å². The Kier molecular flexibility index (Phi) is 5.67. The summed E-state index contributed by atoms with van der Waals surface area (Å²) in [4.78, 5) is 12.3. The number of hydrogen-bond donors (Lipinski definition) is 1. The van der Waals surface area contributed by atoms with Gasteiger partial charge >= 0.3 is 0 Å². The Labute approximate surface area is 135 Å². The molecule has 0 aliphatic carbocycles. The van der Waals surface area contributed by atoms with Crippen LogP contribution in [0.5, 0.6) is 11.5 Å². The highest BCUT2D eigenvalue weighted by Gasteiger charge is 2.19. The van der Waals surface area contributed by atoms with Crippen molar-refractivity contribution in [3.63, 3.8) is 0 Å². The van der Waals surface area contributed by atoms with E-state index in [-0.39, 0.29) is 5.91 Å². The second-order valence-corrected chi connectivity index (χ2v) is 5.07. The van der Waals surface area contributed by atoms with E-state index in [4.69, 9.17) is 21.1 Å². The second-order valence-electron chi connectivity index (χ2n) is 4.66. The van der Waals surface area contributed by atoms with Crippen molar-refractivity contribution in [3.8, 4) is 11.5 Å². The van der Waals surface area contributed by atoms with Crippen LogP contribution in [0.2, 0.25) is 5.02 Å². The maximum Gasteiger partial charge on any atom is 0.265 e. The summed E-state index contributed by atoms with van der Waals surface area (Å²) < 4.78 is 10.8. The monoisotopic (exact) mass is 319 g/mol. The lowest BCUT2D eigenvalue weighted by atomic mass is 10.2. The average Bonchev–Trinajstić information content (AvgIpc) is 2.55. The molecule has 0 saturated carbocycles. The zero-order valence-electron chi connectivity index (χ0n) is 12.5. The van der Waals surface area contributed by atoms with Gasteiger partial charge in [-0.25, -0.2) is 0 Å². The van der Waals surface area contributed by atoms with Gasteiger partial charge in [0.1, 0.15) is 11.5 Å². The van der Waals surface area contributed by atoms with Crippen molar-refractivity contribution < 1.29 is 14.3 Å². The Bertz CT molecular complexity index is 628. The van der Waals surface area contributed by atoms with Gasteiger partial charge < -0.3 is 14.8 Å². The Hall–Kier alpha value is -2.20. The maximum atomic E-state index is 12.3. The Morgan fingerprint density at radius 1 is 1.14 bits per heavy atom. The molecule has 4 nitrogen and oxygen atoms in total. The van der Waals surface area contributed by atoms with E-state index in [1.54, 1.807) is 43.5 Å². The van der Waals surface area contributed by atoms with Crippen LogP contribution in [0.25, 0.3) is 0 Å². The third-order valence-electron chi connectivity index (χ3n) is 3.13. The topological polar surface area (TPSA) is 47.6 Å². The first-order chi connectivity index (χ1) is 10.6. The minimum absolute atomic E-state index is 0.230. The molecule has 0 unspecified atom stereocenters. The lowest BCUT2D eigenvalue weighted by Crippen LogP contribution is -2.32. The molecule has 5 heteroatoms. The summed E-state index contributed by atoms with van der Waals surface area (Å²) in [5.74, 6) is 1.12. The number of carbonyl (C=O) groups excluding carboxylic acids is 1. The van der Waals surface area contributed by atoms with E-state index in [9.17, 15) is 4.79 Å². The Balaban J connectivity index is 2.03. The largest absolute Gasteiger partial charge is 0.497 e. The van der Waals surface area contributed by atoms with Gasteiger partial charge in [-0.1, -0.05) is 30.7 Å². The molecule has 22 heavy (non-hydrogen) atoms. The number of ether oxygens (including phenoxy) is 2. The van der Waals surface area contributed by atoms with Crippen LogP contribution in [0, 0.1) is 0 Å². The first kappa shape index (κ1) is 16.2. The number of nitrogens with one attached hydrogen (secondary N) is 1. The molecular weight excluding hydrogens is 302 g/mol. The number of anilines is 1. The third-order valence-corrected chi connectivity index (χ3v) is 3.46. The van der Waals surface area contributed by atoms with Crippen molar-refractivity contribution in [3.05, 3.63) is 53.6 Å². The summed E-state index contributed by atoms with van der Waals surface area (Å²) in [6.07, 6.45) is -0.0489. The lowest BCUT2D eigenvalue weighted by molar-refractivity contribution is -0.122. The molecule has 0 radical (unpaired) electrons. The zero-order valence-corrected chi connectivity index (χ0v) is 13.3. The molecule has 2 aromatic carbocycles. The van der Waals surface area contributed by atoms with Gasteiger partial charge in [0.15, 0.2) is 6.10 Å². The maximum absolute atomic E-state index is 12.3. The van der Waals surface area contributed by atoms with Crippen molar-refractivity contribution in [1.29, 1.82) is 0 Å². The summed E-state index contributed by atoms with van der Waals surface area (Å²) >= 11 is 6.04. The number of methoxy groups -OCH3 is 1. The van der Waals surface area contributed by atoms with Crippen LogP contribution < -0.4 is 14.8 Å². The quantitative estimate of drug-likeness (QED) is 0.870.